The number of carbonyl (C=O) groups excluding carboxylic acids is 3. The fraction of sp³-hybridized carbons (Fsp3) is 0.753. The molecule has 0 aliphatic rings. The average molecular weight is 1160 g/mol. The van der Waals surface area contributed by atoms with Crippen LogP contribution in [0.4, 0.5) is 0 Å². The lowest BCUT2D eigenvalue weighted by molar-refractivity contribution is -0.167. The smallest absolute Gasteiger partial charge is 0.306 e. The zero-order valence-electron chi connectivity index (χ0n) is 54.9. The Kier molecular flexibility index (Phi) is 67.7. The van der Waals surface area contributed by atoms with E-state index in [0.29, 0.717) is 19.3 Å². The van der Waals surface area contributed by atoms with E-state index in [-0.39, 0.29) is 31.1 Å². The van der Waals surface area contributed by atoms with E-state index in [1.165, 1.54) is 205 Å². The number of ether oxygens (including phenoxy) is 3. The minimum atomic E-state index is -0.775. The molecule has 0 aromatic heterocycles. The highest BCUT2D eigenvalue weighted by atomic mass is 16.6. The first-order chi connectivity index (χ1) is 41.0. The van der Waals surface area contributed by atoms with Gasteiger partial charge in [-0.25, -0.2) is 0 Å². The maximum absolute atomic E-state index is 12.9. The first kappa shape index (κ1) is 79.3. The van der Waals surface area contributed by atoms with Gasteiger partial charge in [-0.1, -0.05) is 349 Å². The first-order valence-electron chi connectivity index (χ1n) is 35.7. The van der Waals surface area contributed by atoms with Gasteiger partial charge in [0.25, 0.3) is 0 Å². The van der Waals surface area contributed by atoms with E-state index in [0.717, 1.165) is 109 Å². The summed E-state index contributed by atoms with van der Waals surface area (Å²) in [5.74, 6) is -0.862. The van der Waals surface area contributed by atoms with Crippen molar-refractivity contribution in [2.45, 2.75) is 361 Å². The van der Waals surface area contributed by atoms with Crippen LogP contribution in [0.3, 0.4) is 0 Å². The molecule has 6 nitrogen and oxygen atoms in total. The Hall–Kier alpha value is -3.67. The van der Waals surface area contributed by atoms with Crippen molar-refractivity contribution in [2.24, 2.45) is 0 Å². The van der Waals surface area contributed by atoms with Crippen LogP contribution in [0.1, 0.15) is 355 Å². The average Bonchev–Trinajstić information content (AvgIpc) is 3.49. The number of unbranched alkanes of at least 4 members (excludes halogenated alkanes) is 38. The van der Waals surface area contributed by atoms with E-state index in [9.17, 15) is 14.4 Å². The number of hydrogen-bond donors (Lipinski definition) is 0. The summed E-state index contributed by atoms with van der Waals surface area (Å²) in [5.41, 5.74) is 0. The Morgan fingerprint density at radius 3 is 0.735 bits per heavy atom. The summed E-state index contributed by atoms with van der Waals surface area (Å²) >= 11 is 0. The van der Waals surface area contributed by atoms with E-state index in [4.69, 9.17) is 14.2 Å². The van der Waals surface area contributed by atoms with Crippen LogP contribution < -0.4 is 0 Å². The van der Waals surface area contributed by atoms with Crippen molar-refractivity contribution in [3.05, 3.63) is 97.2 Å². The van der Waals surface area contributed by atoms with E-state index >= 15 is 0 Å². The van der Waals surface area contributed by atoms with Crippen molar-refractivity contribution < 1.29 is 28.6 Å². The van der Waals surface area contributed by atoms with Crippen LogP contribution in [0.15, 0.2) is 97.2 Å². The molecule has 0 aliphatic heterocycles. The largest absolute Gasteiger partial charge is 0.462 e. The second kappa shape index (κ2) is 70.8. The molecule has 83 heavy (non-hydrogen) atoms. The monoisotopic (exact) mass is 1160 g/mol. The van der Waals surface area contributed by atoms with E-state index in [2.05, 4.69) is 118 Å². The Morgan fingerprint density at radius 2 is 0.470 bits per heavy atom. The molecule has 478 valence electrons. The van der Waals surface area contributed by atoms with Crippen molar-refractivity contribution in [1.82, 2.24) is 0 Å². The summed E-state index contributed by atoms with van der Waals surface area (Å²) in [6.45, 7) is 6.55. The third-order valence-electron chi connectivity index (χ3n) is 15.6. The quantitative estimate of drug-likeness (QED) is 0.0261. The Bertz CT molecular complexity index is 1610. The predicted molar refractivity (Wildman–Crippen MR) is 362 cm³/mol. The van der Waals surface area contributed by atoms with Crippen LogP contribution in [-0.2, 0) is 28.6 Å². The highest BCUT2D eigenvalue weighted by Crippen LogP contribution is 2.18. The maximum Gasteiger partial charge on any atom is 0.306 e. The van der Waals surface area contributed by atoms with Crippen LogP contribution in [0.2, 0.25) is 0 Å². The lowest BCUT2D eigenvalue weighted by Gasteiger charge is -2.18. The van der Waals surface area contributed by atoms with Crippen molar-refractivity contribution in [2.75, 3.05) is 13.2 Å². The summed E-state index contributed by atoms with van der Waals surface area (Å²) < 4.78 is 16.9. The minimum Gasteiger partial charge on any atom is -0.462 e. The van der Waals surface area contributed by atoms with Crippen LogP contribution in [-0.4, -0.2) is 37.2 Å². The number of esters is 3. The van der Waals surface area contributed by atoms with Gasteiger partial charge in [0, 0.05) is 19.3 Å². The van der Waals surface area contributed by atoms with Gasteiger partial charge in [0.1, 0.15) is 13.2 Å². The summed E-state index contributed by atoms with van der Waals surface area (Å²) in [7, 11) is 0. The van der Waals surface area contributed by atoms with E-state index < -0.39 is 6.10 Å². The lowest BCUT2D eigenvalue weighted by Crippen LogP contribution is -2.30. The van der Waals surface area contributed by atoms with Crippen LogP contribution >= 0.6 is 0 Å². The van der Waals surface area contributed by atoms with Gasteiger partial charge in [-0.3, -0.25) is 14.4 Å². The molecule has 0 rings (SSSR count). The molecule has 0 bridgehead atoms. The normalized spacial score (nSPS) is 12.7. The summed E-state index contributed by atoms with van der Waals surface area (Å²) in [5, 5.41) is 0. The van der Waals surface area contributed by atoms with Gasteiger partial charge in [0.05, 0.1) is 0 Å². The van der Waals surface area contributed by atoms with Gasteiger partial charge in [-0.05, 0) is 83.5 Å². The molecule has 0 saturated heterocycles. The highest BCUT2D eigenvalue weighted by molar-refractivity contribution is 5.71. The molecule has 0 heterocycles. The molecule has 0 amide bonds. The van der Waals surface area contributed by atoms with Gasteiger partial charge in [-0.15, -0.1) is 0 Å². The van der Waals surface area contributed by atoms with E-state index in [1.54, 1.807) is 0 Å². The SMILES string of the molecule is CC/C=C\C/C=C\C/C=C\C/C=C\C/C=C\C/C=C\C/C=C\C/C=C\CCCCCCCCCCCCC(=O)OCC(COC(=O)CCCCCCCCCCC)OC(=O)CCCCCCCCCCCCCCCCCCCCCCC. The van der Waals surface area contributed by atoms with Gasteiger partial charge in [0.2, 0.25) is 0 Å². The van der Waals surface area contributed by atoms with Crippen molar-refractivity contribution in [3.8, 4) is 0 Å². The molecule has 0 N–H and O–H groups in total. The molecule has 0 aromatic rings. The molecule has 0 saturated carbocycles. The van der Waals surface area contributed by atoms with Gasteiger partial charge < -0.3 is 14.2 Å². The van der Waals surface area contributed by atoms with Gasteiger partial charge in [-0.2, -0.15) is 0 Å². The zero-order chi connectivity index (χ0) is 59.9. The second-order valence-corrected chi connectivity index (χ2v) is 23.8. The first-order valence-corrected chi connectivity index (χ1v) is 35.7. The summed E-state index contributed by atoms with van der Waals surface area (Å²) in [6, 6.07) is 0. The molecule has 1 unspecified atom stereocenters. The number of carbonyl (C=O) groups is 3. The maximum atomic E-state index is 12.9. The van der Waals surface area contributed by atoms with E-state index in [1.807, 2.05) is 0 Å². The molecule has 0 aromatic carbocycles. The molecular formula is C77H134O6. The molecule has 0 aliphatic carbocycles. The topological polar surface area (TPSA) is 78.9 Å². The molecule has 0 radical (unpaired) electrons. The Balaban J connectivity index is 4.13. The third-order valence-corrected chi connectivity index (χ3v) is 15.6. The molecule has 1 atom stereocenters. The standard InChI is InChI=1S/C77H134O6/c1-4-7-10-13-16-19-21-23-25-27-29-31-32-33-34-35-36-37-38-39-40-41-42-43-44-46-47-49-51-53-55-58-61-64-67-70-76(79)82-73-74(72-81-75(78)69-66-63-60-57-18-15-12-9-6-3)83-77(80)71-68-65-62-59-56-54-52-50-48-45-30-28-26-24-22-20-17-14-11-8-5-2/h7,10,16,19,23,25,29,31,33-34,36-37,39-40,42-43,74H,4-6,8-9,11-15,17-18,20-22,24,26-28,30,32,35,38,41,44-73H2,1-3H3/b10-7-,19-16-,25-23-,31-29-,34-33-,37-36-,40-39-,43-42-. The van der Waals surface area contributed by atoms with Crippen molar-refractivity contribution in [1.29, 1.82) is 0 Å². The zero-order valence-corrected chi connectivity index (χ0v) is 54.9. The molecular weight excluding hydrogens is 1020 g/mol. The number of rotatable bonds is 65. The number of allylic oxidation sites excluding steroid dienone is 16. The fourth-order valence-corrected chi connectivity index (χ4v) is 10.3. The predicted octanol–water partition coefficient (Wildman–Crippen LogP) is 24.8. The van der Waals surface area contributed by atoms with Crippen LogP contribution in [0.5, 0.6) is 0 Å². The third kappa shape index (κ3) is 69.0. The summed E-state index contributed by atoms with van der Waals surface area (Å²) in [4.78, 5) is 38.3. The molecule has 0 fully saturated rings. The lowest BCUT2D eigenvalue weighted by atomic mass is 10.0. The highest BCUT2D eigenvalue weighted by Gasteiger charge is 2.19. The van der Waals surface area contributed by atoms with Crippen molar-refractivity contribution in [3.63, 3.8) is 0 Å². The van der Waals surface area contributed by atoms with Crippen LogP contribution in [0, 0.1) is 0 Å². The van der Waals surface area contributed by atoms with Gasteiger partial charge >= 0.3 is 17.9 Å². The summed E-state index contributed by atoms with van der Waals surface area (Å²) in [6.07, 6.45) is 95.9. The van der Waals surface area contributed by atoms with Crippen LogP contribution in [0.25, 0.3) is 0 Å². The Morgan fingerprint density at radius 1 is 0.253 bits per heavy atom. The number of hydrogen-bond acceptors (Lipinski definition) is 6. The molecule has 0 spiro atoms. The second-order valence-electron chi connectivity index (χ2n) is 23.8. The Labute approximate surface area is 515 Å². The minimum absolute atomic E-state index is 0.0727. The van der Waals surface area contributed by atoms with Crippen molar-refractivity contribution >= 4 is 17.9 Å². The molecule has 6 heteroatoms. The van der Waals surface area contributed by atoms with Gasteiger partial charge in [0.15, 0.2) is 6.10 Å². The fourth-order valence-electron chi connectivity index (χ4n) is 10.3.